The fourth-order valence-corrected chi connectivity index (χ4v) is 2.78. The molecule has 0 spiro atoms. The van der Waals surface area contributed by atoms with Crippen molar-refractivity contribution >= 4 is 21.8 Å². The fourth-order valence-electron chi connectivity index (χ4n) is 2.55. The van der Waals surface area contributed by atoms with Gasteiger partial charge in [0.1, 0.15) is 5.75 Å². The van der Waals surface area contributed by atoms with Gasteiger partial charge in [0.15, 0.2) is 6.61 Å². The van der Waals surface area contributed by atoms with Gasteiger partial charge in [0.05, 0.1) is 0 Å². The van der Waals surface area contributed by atoms with Crippen LogP contribution in [0.1, 0.15) is 30.0 Å². The highest BCUT2D eigenvalue weighted by Crippen LogP contribution is 2.26. The Hall–Kier alpha value is -1.81. The van der Waals surface area contributed by atoms with Crippen molar-refractivity contribution in [3.8, 4) is 5.75 Å². The van der Waals surface area contributed by atoms with Gasteiger partial charge >= 0.3 is 0 Å². The molecule has 2 aromatic rings. The molecule has 0 heterocycles. The van der Waals surface area contributed by atoms with Crippen molar-refractivity contribution < 1.29 is 9.53 Å². The first-order chi connectivity index (χ1) is 11.5. The molecule has 24 heavy (non-hydrogen) atoms. The molecule has 0 aliphatic rings. The highest BCUT2D eigenvalue weighted by Gasteiger charge is 2.09. The zero-order valence-electron chi connectivity index (χ0n) is 14.4. The van der Waals surface area contributed by atoms with Gasteiger partial charge in [0.2, 0.25) is 0 Å². The third kappa shape index (κ3) is 5.68. The lowest BCUT2D eigenvalue weighted by Crippen LogP contribution is -2.36. The summed E-state index contributed by atoms with van der Waals surface area (Å²) in [6, 6.07) is 14.3. The SMILES string of the molecule is Cc1cc(OCC(=O)N[C@@H](C)CCc2ccccc2)cc(C)c1Br. The summed E-state index contributed by atoms with van der Waals surface area (Å²) in [4.78, 5) is 12.0. The number of ether oxygens (including phenoxy) is 1. The molecule has 0 aliphatic heterocycles. The van der Waals surface area contributed by atoms with Gasteiger partial charge in [-0.15, -0.1) is 0 Å². The highest BCUT2D eigenvalue weighted by molar-refractivity contribution is 9.10. The second-order valence-corrected chi connectivity index (χ2v) is 6.95. The number of hydrogen-bond acceptors (Lipinski definition) is 2. The molecule has 1 N–H and O–H groups in total. The molecular weight excluding hydrogens is 366 g/mol. The number of carbonyl (C=O) groups excluding carboxylic acids is 1. The summed E-state index contributed by atoms with van der Waals surface area (Å²) >= 11 is 3.53. The standard InChI is InChI=1S/C20H24BrNO2/c1-14-11-18(12-15(2)20(14)21)24-13-19(23)22-16(3)9-10-17-7-5-4-6-8-17/h4-8,11-12,16H,9-10,13H2,1-3H3,(H,22,23)/t16-/m0/s1. The van der Waals surface area contributed by atoms with Gasteiger partial charge < -0.3 is 10.1 Å². The number of aryl methyl sites for hydroxylation is 3. The predicted octanol–water partition coefficient (Wildman–Crippen LogP) is 4.58. The lowest BCUT2D eigenvalue weighted by atomic mass is 10.1. The second kappa shape index (κ2) is 8.88. The summed E-state index contributed by atoms with van der Waals surface area (Å²) in [7, 11) is 0. The highest BCUT2D eigenvalue weighted by atomic mass is 79.9. The minimum absolute atomic E-state index is 0.0379. The third-order valence-corrected chi connectivity index (χ3v) is 5.15. The average molecular weight is 390 g/mol. The van der Waals surface area contributed by atoms with Crippen LogP contribution in [0, 0.1) is 13.8 Å². The van der Waals surface area contributed by atoms with E-state index in [2.05, 4.69) is 33.4 Å². The van der Waals surface area contributed by atoms with Crippen LogP contribution < -0.4 is 10.1 Å². The summed E-state index contributed by atoms with van der Waals surface area (Å²) in [6.45, 7) is 6.08. The number of carbonyl (C=O) groups is 1. The normalized spacial score (nSPS) is 11.8. The molecule has 0 bridgehead atoms. The molecule has 0 aromatic heterocycles. The van der Waals surface area contributed by atoms with E-state index in [1.54, 1.807) is 0 Å². The van der Waals surface area contributed by atoms with Crippen molar-refractivity contribution in [2.24, 2.45) is 0 Å². The third-order valence-electron chi connectivity index (χ3n) is 3.90. The molecule has 1 atom stereocenters. The molecule has 0 saturated carbocycles. The van der Waals surface area contributed by atoms with Crippen LogP contribution in [-0.2, 0) is 11.2 Å². The quantitative estimate of drug-likeness (QED) is 0.752. The van der Waals surface area contributed by atoms with Gasteiger partial charge in [0, 0.05) is 10.5 Å². The van der Waals surface area contributed by atoms with Gasteiger partial charge in [-0.3, -0.25) is 4.79 Å². The molecule has 2 aromatic carbocycles. The number of hydrogen-bond donors (Lipinski definition) is 1. The average Bonchev–Trinajstić information content (AvgIpc) is 2.57. The second-order valence-electron chi connectivity index (χ2n) is 6.15. The molecule has 0 unspecified atom stereocenters. The zero-order chi connectivity index (χ0) is 17.5. The van der Waals surface area contributed by atoms with Crippen molar-refractivity contribution in [1.29, 1.82) is 0 Å². The van der Waals surface area contributed by atoms with E-state index >= 15 is 0 Å². The Morgan fingerprint density at radius 2 is 1.79 bits per heavy atom. The molecule has 3 nitrogen and oxygen atoms in total. The van der Waals surface area contributed by atoms with E-state index in [-0.39, 0.29) is 18.6 Å². The van der Waals surface area contributed by atoms with Crippen LogP contribution in [0.3, 0.4) is 0 Å². The number of rotatable bonds is 7. The van der Waals surface area contributed by atoms with E-state index in [0.717, 1.165) is 34.2 Å². The van der Waals surface area contributed by atoms with E-state index in [9.17, 15) is 4.79 Å². The van der Waals surface area contributed by atoms with Crippen molar-refractivity contribution in [2.45, 2.75) is 39.7 Å². The molecule has 0 saturated heterocycles. The number of amides is 1. The number of halogens is 1. The van der Waals surface area contributed by atoms with E-state index in [1.807, 2.05) is 51.1 Å². The first-order valence-electron chi connectivity index (χ1n) is 8.18. The van der Waals surface area contributed by atoms with Gasteiger partial charge in [-0.25, -0.2) is 0 Å². The maximum absolute atomic E-state index is 12.0. The summed E-state index contributed by atoms with van der Waals surface area (Å²) in [5.74, 6) is 0.633. The lowest BCUT2D eigenvalue weighted by molar-refractivity contribution is -0.123. The molecular formula is C20H24BrNO2. The van der Waals surface area contributed by atoms with Crippen molar-refractivity contribution in [3.63, 3.8) is 0 Å². The maximum Gasteiger partial charge on any atom is 0.258 e. The Balaban J connectivity index is 1.76. The van der Waals surface area contributed by atoms with E-state index in [0.29, 0.717) is 0 Å². The Bertz CT molecular complexity index is 662. The summed E-state index contributed by atoms with van der Waals surface area (Å²) < 4.78 is 6.69. The maximum atomic E-state index is 12.0. The van der Waals surface area contributed by atoms with Gasteiger partial charge in [-0.05, 0) is 62.4 Å². The van der Waals surface area contributed by atoms with E-state index in [4.69, 9.17) is 4.74 Å². The smallest absolute Gasteiger partial charge is 0.258 e. The molecule has 0 radical (unpaired) electrons. The molecule has 0 fully saturated rings. The minimum Gasteiger partial charge on any atom is -0.484 e. The Kier molecular flexibility index (Phi) is 6.85. The van der Waals surface area contributed by atoms with Crippen LogP contribution in [0.4, 0.5) is 0 Å². The first-order valence-corrected chi connectivity index (χ1v) is 8.98. The molecule has 1 amide bonds. The van der Waals surface area contributed by atoms with Crippen molar-refractivity contribution in [1.82, 2.24) is 5.32 Å². The zero-order valence-corrected chi connectivity index (χ0v) is 16.0. The first kappa shape index (κ1) is 18.5. The van der Waals surface area contributed by atoms with Gasteiger partial charge in [0.25, 0.3) is 5.91 Å². The Morgan fingerprint density at radius 3 is 2.42 bits per heavy atom. The van der Waals surface area contributed by atoms with E-state index < -0.39 is 0 Å². The monoisotopic (exact) mass is 389 g/mol. The number of nitrogens with one attached hydrogen (secondary N) is 1. The Morgan fingerprint density at radius 1 is 1.17 bits per heavy atom. The lowest BCUT2D eigenvalue weighted by Gasteiger charge is -2.15. The van der Waals surface area contributed by atoms with Crippen molar-refractivity contribution in [2.75, 3.05) is 6.61 Å². The summed E-state index contributed by atoms with van der Waals surface area (Å²) in [6.07, 6.45) is 1.86. The van der Waals surface area contributed by atoms with Crippen LogP contribution in [-0.4, -0.2) is 18.6 Å². The molecule has 0 aliphatic carbocycles. The van der Waals surface area contributed by atoms with Crippen LogP contribution in [0.25, 0.3) is 0 Å². The van der Waals surface area contributed by atoms with Crippen LogP contribution in [0.15, 0.2) is 46.9 Å². The van der Waals surface area contributed by atoms with Crippen LogP contribution in [0.2, 0.25) is 0 Å². The fraction of sp³-hybridized carbons (Fsp3) is 0.350. The largest absolute Gasteiger partial charge is 0.484 e. The van der Waals surface area contributed by atoms with Gasteiger partial charge in [-0.2, -0.15) is 0 Å². The molecule has 2 rings (SSSR count). The van der Waals surface area contributed by atoms with Crippen LogP contribution in [0.5, 0.6) is 5.75 Å². The van der Waals surface area contributed by atoms with Crippen molar-refractivity contribution in [3.05, 3.63) is 63.6 Å². The summed E-state index contributed by atoms with van der Waals surface area (Å²) in [5, 5.41) is 2.99. The Labute approximate surface area is 152 Å². The van der Waals surface area contributed by atoms with E-state index in [1.165, 1.54) is 5.56 Å². The summed E-state index contributed by atoms with van der Waals surface area (Å²) in [5.41, 5.74) is 3.49. The predicted molar refractivity (Wildman–Crippen MR) is 101 cm³/mol. The van der Waals surface area contributed by atoms with Crippen LogP contribution >= 0.6 is 15.9 Å². The minimum atomic E-state index is -0.0891. The van der Waals surface area contributed by atoms with Gasteiger partial charge in [-0.1, -0.05) is 46.3 Å². The molecule has 4 heteroatoms. The number of benzene rings is 2. The topological polar surface area (TPSA) is 38.3 Å². The molecule has 128 valence electrons.